The highest BCUT2D eigenvalue weighted by atomic mass is 35.5. The van der Waals surface area contributed by atoms with Crippen LogP contribution in [-0.4, -0.2) is 60.6 Å². The maximum atomic E-state index is 13.3. The van der Waals surface area contributed by atoms with Crippen LogP contribution in [0.15, 0.2) is 48.0 Å². The van der Waals surface area contributed by atoms with Crippen molar-refractivity contribution in [3.05, 3.63) is 64.2 Å². The molecular formula is C28H33ClN2O5. The minimum absolute atomic E-state index is 0.0540. The normalized spacial score (nSPS) is 21.3. The summed E-state index contributed by atoms with van der Waals surface area (Å²) in [7, 11) is 0. The van der Waals surface area contributed by atoms with Crippen molar-refractivity contribution in [1.82, 2.24) is 4.90 Å². The largest absolute Gasteiger partial charge is 0.507 e. The molecule has 8 heteroatoms. The van der Waals surface area contributed by atoms with Gasteiger partial charge in [-0.1, -0.05) is 23.7 Å². The van der Waals surface area contributed by atoms with Crippen LogP contribution in [0.2, 0.25) is 5.02 Å². The number of rotatable bonds is 9. The lowest BCUT2D eigenvalue weighted by molar-refractivity contribution is -0.140. The van der Waals surface area contributed by atoms with Crippen molar-refractivity contribution in [3.63, 3.8) is 0 Å². The highest BCUT2D eigenvalue weighted by Crippen LogP contribution is 2.41. The Labute approximate surface area is 217 Å². The first-order chi connectivity index (χ1) is 17.4. The average Bonchev–Trinajstić information content (AvgIpc) is 3.49. The molecule has 2 saturated heterocycles. The van der Waals surface area contributed by atoms with E-state index in [0.29, 0.717) is 29.5 Å². The summed E-state index contributed by atoms with van der Waals surface area (Å²) in [5, 5.41) is 11.8. The van der Waals surface area contributed by atoms with E-state index in [1.54, 1.807) is 18.2 Å². The number of hydrogen-bond donors (Lipinski definition) is 1. The molecule has 0 spiro atoms. The maximum Gasteiger partial charge on any atom is 0.295 e. The lowest BCUT2D eigenvalue weighted by Gasteiger charge is -2.28. The predicted molar refractivity (Wildman–Crippen MR) is 141 cm³/mol. The number of ether oxygens (including phenoxy) is 2. The standard InChI is InChI=1S/C28H33ClN2O5/c1-4-30(5-2)20-12-9-18(10-13-20)25-24(26(32)19-11-14-22(29)23(16-19)35-6-3)27(33)28(34)31(25)17-21-8-7-15-36-21/h9-14,16,21,25,32H,4-8,15,17H2,1-3H3/b26-24-. The van der Waals surface area contributed by atoms with Crippen LogP contribution in [0.3, 0.4) is 0 Å². The van der Waals surface area contributed by atoms with Gasteiger partial charge in [0.1, 0.15) is 11.5 Å². The number of likely N-dealkylation sites (tertiary alicyclic amines) is 1. The zero-order valence-electron chi connectivity index (χ0n) is 21.0. The van der Waals surface area contributed by atoms with Gasteiger partial charge in [-0.3, -0.25) is 9.59 Å². The van der Waals surface area contributed by atoms with E-state index in [1.807, 2.05) is 31.2 Å². The van der Waals surface area contributed by atoms with Crippen molar-refractivity contribution < 1.29 is 24.2 Å². The molecule has 2 atom stereocenters. The van der Waals surface area contributed by atoms with Crippen molar-refractivity contribution in [2.24, 2.45) is 0 Å². The zero-order valence-corrected chi connectivity index (χ0v) is 21.8. The number of aliphatic hydroxyl groups is 1. The Kier molecular flexibility index (Phi) is 8.21. The summed E-state index contributed by atoms with van der Waals surface area (Å²) in [6.07, 6.45) is 1.61. The van der Waals surface area contributed by atoms with E-state index in [-0.39, 0.29) is 24.0 Å². The third-order valence-corrected chi connectivity index (χ3v) is 7.12. The molecule has 36 heavy (non-hydrogen) atoms. The second-order valence-corrected chi connectivity index (χ2v) is 9.34. The van der Waals surface area contributed by atoms with Crippen LogP contribution in [0.25, 0.3) is 5.76 Å². The summed E-state index contributed by atoms with van der Waals surface area (Å²) in [6, 6.07) is 11.9. The van der Waals surface area contributed by atoms with Crippen molar-refractivity contribution in [2.45, 2.75) is 45.8 Å². The van der Waals surface area contributed by atoms with Gasteiger partial charge in [0.25, 0.3) is 11.7 Å². The van der Waals surface area contributed by atoms with E-state index >= 15 is 0 Å². The number of benzene rings is 2. The Morgan fingerprint density at radius 1 is 1.14 bits per heavy atom. The highest BCUT2D eigenvalue weighted by Gasteiger charge is 2.47. The van der Waals surface area contributed by atoms with Crippen molar-refractivity contribution in [1.29, 1.82) is 0 Å². The Hall–Kier alpha value is -3.03. The number of amides is 1. The van der Waals surface area contributed by atoms with Crippen LogP contribution < -0.4 is 9.64 Å². The average molecular weight is 513 g/mol. The summed E-state index contributed by atoms with van der Waals surface area (Å²) in [6.45, 7) is 9.08. The molecule has 1 amide bonds. The van der Waals surface area contributed by atoms with E-state index in [0.717, 1.165) is 37.2 Å². The van der Waals surface area contributed by atoms with Gasteiger partial charge in [-0.15, -0.1) is 0 Å². The number of carbonyl (C=O) groups excluding carboxylic acids is 2. The van der Waals surface area contributed by atoms with E-state index in [2.05, 4.69) is 18.7 Å². The lowest BCUT2D eigenvalue weighted by Crippen LogP contribution is -2.36. The quantitative estimate of drug-likeness (QED) is 0.283. The number of aliphatic hydroxyl groups excluding tert-OH is 1. The van der Waals surface area contributed by atoms with Crippen molar-refractivity contribution >= 4 is 34.7 Å². The van der Waals surface area contributed by atoms with Gasteiger partial charge in [0.05, 0.1) is 29.3 Å². The molecule has 192 valence electrons. The SMILES string of the molecule is CCOc1cc(/C(O)=C2/C(=O)C(=O)N(CC3CCCO3)C2c2ccc(N(CC)CC)cc2)ccc1Cl. The van der Waals surface area contributed by atoms with E-state index < -0.39 is 17.7 Å². The molecule has 0 aliphatic carbocycles. The second-order valence-electron chi connectivity index (χ2n) is 8.93. The molecular weight excluding hydrogens is 480 g/mol. The number of Topliss-reactive ketones (excluding diaryl/α,β-unsaturated/α-hetero) is 1. The molecule has 2 aliphatic heterocycles. The first kappa shape index (κ1) is 26.0. The monoisotopic (exact) mass is 512 g/mol. The number of nitrogens with zero attached hydrogens (tertiary/aromatic N) is 2. The van der Waals surface area contributed by atoms with Crippen LogP contribution in [0.4, 0.5) is 5.69 Å². The van der Waals surface area contributed by atoms with Crippen molar-refractivity contribution in [3.8, 4) is 5.75 Å². The first-order valence-corrected chi connectivity index (χ1v) is 12.9. The Morgan fingerprint density at radius 3 is 2.47 bits per heavy atom. The summed E-state index contributed by atoms with van der Waals surface area (Å²) < 4.78 is 11.3. The zero-order chi connectivity index (χ0) is 25.8. The van der Waals surface area contributed by atoms with Gasteiger partial charge in [0.2, 0.25) is 0 Å². The number of anilines is 1. The van der Waals surface area contributed by atoms with Crippen LogP contribution in [0, 0.1) is 0 Å². The number of halogens is 1. The smallest absolute Gasteiger partial charge is 0.295 e. The molecule has 0 aromatic heterocycles. The molecule has 2 heterocycles. The van der Waals surface area contributed by atoms with E-state index in [9.17, 15) is 14.7 Å². The summed E-state index contributed by atoms with van der Waals surface area (Å²) >= 11 is 6.23. The van der Waals surface area contributed by atoms with E-state index in [4.69, 9.17) is 21.1 Å². The van der Waals surface area contributed by atoms with Crippen LogP contribution in [-0.2, 0) is 14.3 Å². The highest BCUT2D eigenvalue weighted by molar-refractivity contribution is 6.46. The number of carbonyl (C=O) groups is 2. The van der Waals surface area contributed by atoms with Gasteiger partial charge >= 0.3 is 0 Å². The van der Waals surface area contributed by atoms with Crippen LogP contribution >= 0.6 is 11.6 Å². The van der Waals surface area contributed by atoms with Gasteiger partial charge < -0.3 is 24.4 Å². The van der Waals surface area contributed by atoms with Crippen LogP contribution in [0.5, 0.6) is 5.75 Å². The van der Waals surface area contributed by atoms with Gasteiger partial charge in [-0.05, 0) is 69.5 Å². The lowest BCUT2D eigenvalue weighted by atomic mass is 9.94. The molecule has 2 fully saturated rings. The first-order valence-electron chi connectivity index (χ1n) is 12.6. The predicted octanol–water partition coefficient (Wildman–Crippen LogP) is 5.19. The Morgan fingerprint density at radius 2 is 1.86 bits per heavy atom. The number of hydrogen-bond acceptors (Lipinski definition) is 6. The molecule has 0 saturated carbocycles. The second kappa shape index (κ2) is 11.4. The Bertz CT molecular complexity index is 1140. The molecule has 2 aromatic carbocycles. The van der Waals surface area contributed by atoms with Gasteiger partial charge in [0.15, 0.2) is 0 Å². The topological polar surface area (TPSA) is 79.3 Å². The molecule has 0 radical (unpaired) electrons. The fourth-order valence-corrected chi connectivity index (χ4v) is 5.12. The third kappa shape index (κ3) is 5.08. The fraction of sp³-hybridized carbons (Fsp3) is 0.429. The molecule has 2 aromatic rings. The summed E-state index contributed by atoms with van der Waals surface area (Å²) in [5.74, 6) is -1.20. The summed E-state index contributed by atoms with van der Waals surface area (Å²) in [4.78, 5) is 30.3. The Balaban J connectivity index is 1.80. The number of ketones is 1. The fourth-order valence-electron chi connectivity index (χ4n) is 4.95. The molecule has 2 aliphatic rings. The third-order valence-electron chi connectivity index (χ3n) is 6.81. The minimum Gasteiger partial charge on any atom is -0.507 e. The van der Waals surface area contributed by atoms with Crippen LogP contribution in [0.1, 0.15) is 50.8 Å². The maximum absolute atomic E-state index is 13.3. The molecule has 1 N–H and O–H groups in total. The van der Waals surface area contributed by atoms with Crippen molar-refractivity contribution in [2.75, 3.05) is 37.7 Å². The van der Waals surface area contributed by atoms with Gasteiger partial charge in [-0.25, -0.2) is 0 Å². The molecule has 4 rings (SSSR count). The van der Waals surface area contributed by atoms with Gasteiger partial charge in [-0.2, -0.15) is 0 Å². The molecule has 2 unspecified atom stereocenters. The minimum atomic E-state index is -0.730. The van der Waals surface area contributed by atoms with Gasteiger partial charge in [0, 0.05) is 37.5 Å². The summed E-state index contributed by atoms with van der Waals surface area (Å²) in [5.41, 5.74) is 2.23. The van der Waals surface area contributed by atoms with E-state index in [1.165, 1.54) is 4.90 Å². The molecule has 0 bridgehead atoms. The molecule has 7 nitrogen and oxygen atoms in total.